The van der Waals surface area contributed by atoms with E-state index in [9.17, 15) is 9.50 Å². The average molecular weight is 360 g/mol. The van der Waals surface area contributed by atoms with E-state index in [4.69, 9.17) is 4.74 Å². The van der Waals surface area contributed by atoms with Crippen LogP contribution < -0.4 is 10.1 Å². The molecule has 3 nitrogen and oxygen atoms in total. The molecule has 0 aliphatic rings. The summed E-state index contributed by atoms with van der Waals surface area (Å²) in [5.74, 6) is -0.261. The van der Waals surface area contributed by atoms with Gasteiger partial charge in [0, 0.05) is 22.4 Å². The van der Waals surface area contributed by atoms with Crippen molar-refractivity contribution in [1.29, 1.82) is 0 Å². The van der Waals surface area contributed by atoms with Gasteiger partial charge in [0.05, 0.1) is 0 Å². The Morgan fingerprint density at radius 1 is 1.35 bits per heavy atom. The number of halogens is 2. The second kappa shape index (κ2) is 7.73. The normalized spacial score (nSPS) is 12.3. The van der Waals surface area contributed by atoms with Gasteiger partial charge in [-0.1, -0.05) is 12.1 Å². The second-order valence-electron chi connectivity index (χ2n) is 4.22. The number of aliphatic hydroxyl groups excluding tert-OH is 1. The highest BCUT2D eigenvalue weighted by Crippen LogP contribution is 2.22. The van der Waals surface area contributed by atoms with Crippen LogP contribution in [0.1, 0.15) is 4.88 Å². The molecule has 0 radical (unpaired) electrons. The van der Waals surface area contributed by atoms with Gasteiger partial charge in [0.15, 0.2) is 11.6 Å². The molecule has 2 rings (SSSR count). The Morgan fingerprint density at radius 2 is 2.15 bits per heavy atom. The molecule has 1 aromatic carbocycles. The minimum absolute atomic E-state index is 0.0551. The van der Waals surface area contributed by atoms with Gasteiger partial charge in [-0.2, -0.15) is 0 Å². The molecule has 0 aliphatic heterocycles. The topological polar surface area (TPSA) is 41.5 Å². The SMILES string of the molecule is OC(CNCc1sccc1Br)COc1ccccc1F. The van der Waals surface area contributed by atoms with E-state index in [0.29, 0.717) is 13.1 Å². The van der Waals surface area contributed by atoms with Crippen molar-refractivity contribution in [2.75, 3.05) is 13.2 Å². The van der Waals surface area contributed by atoms with Crippen LogP contribution in [-0.4, -0.2) is 24.4 Å². The zero-order valence-electron chi connectivity index (χ0n) is 10.7. The first-order chi connectivity index (χ1) is 9.66. The third kappa shape index (κ3) is 4.56. The van der Waals surface area contributed by atoms with Crippen molar-refractivity contribution in [2.45, 2.75) is 12.6 Å². The molecule has 0 spiro atoms. The fourth-order valence-corrected chi connectivity index (χ4v) is 3.07. The third-order valence-electron chi connectivity index (χ3n) is 2.62. The number of hydrogen-bond acceptors (Lipinski definition) is 4. The molecule has 0 bridgehead atoms. The number of ether oxygens (including phenoxy) is 1. The molecule has 1 aromatic heterocycles. The van der Waals surface area contributed by atoms with E-state index in [1.165, 1.54) is 17.0 Å². The van der Waals surface area contributed by atoms with Gasteiger partial charge in [-0.25, -0.2) is 4.39 Å². The third-order valence-corrected chi connectivity index (χ3v) is 4.55. The van der Waals surface area contributed by atoms with Crippen LogP contribution in [0.2, 0.25) is 0 Å². The largest absolute Gasteiger partial charge is 0.488 e. The Balaban J connectivity index is 1.69. The molecule has 2 aromatic rings. The van der Waals surface area contributed by atoms with E-state index in [2.05, 4.69) is 21.2 Å². The monoisotopic (exact) mass is 359 g/mol. The smallest absolute Gasteiger partial charge is 0.165 e. The number of aliphatic hydroxyl groups is 1. The first kappa shape index (κ1) is 15.4. The van der Waals surface area contributed by atoms with Gasteiger partial charge in [-0.3, -0.25) is 0 Å². The zero-order valence-corrected chi connectivity index (χ0v) is 13.1. The van der Waals surface area contributed by atoms with Crippen molar-refractivity contribution < 1.29 is 14.2 Å². The first-order valence-electron chi connectivity index (χ1n) is 6.15. The van der Waals surface area contributed by atoms with E-state index in [-0.39, 0.29) is 12.4 Å². The van der Waals surface area contributed by atoms with Crippen molar-refractivity contribution in [3.05, 3.63) is 50.9 Å². The summed E-state index contributed by atoms with van der Waals surface area (Å²) in [6.45, 7) is 1.12. The number of thiophene rings is 1. The molecule has 2 N–H and O–H groups in total. The summed E-state index contributed by atoms with van der Waals surface area (Å²) < 4.78 is 19.6. The van der Waals surface area contributed by atoms with Gasteiger partial charge in [-0.15, -0.1) is 11.3 Å². The molecule has 108 valence electrons. The minimum atomic E-state index is -0.687. The minimum Gasteiger partial charge on any atom is -0.488 e. The number of nitrogens with one attached hydrogen (secondary N) is 1. The molecule has 0 saturated heterocycles. The van der Waals surface area contributed by atoms with E-state index in [1.807, 2.05) is 11.4 Å². The quantitative estimate of drug-likeness (QED) is 0.797. The molecule has 1 atom stereocenters. The van der Waals surface area contributed by atoms with Gasteiger partial charge in [0.2, 0.25) is 0 Å². The maximum atomic E-state index is 13.3. The van der Waals surface area contributed by atoms with Crippen molar-refractivity contribution in [3.8, 4) is 5.75 Å². The first-order valence-corrected chi connectivity index (χ1v) is 7.82. The van der Waals surface area contributed by atoms with Crippen molar-refractivity contribution in [2.24, 2.45) is 0 Å². The summed E-state index contributed by atoms with van der Waals surface area (Å²) >= 11 is 5.09. The highest BCUT2D eigenvalue weighted by atomic mass is 79.9. The summed E-state index contributed by atoms with van der Waals surface area (Å²) in [4.78, 5) is 1.17. The lowest BCUT2D eigenvalue weighted by Crippen LogP contribution is -2.31. The van der Waals surface area contributed by atoms with Gasteiger partial charge in [0.25, 0.3) is 0 Å². The maximum absolute atomic E-state index is 13.3. The van der Waals surface area contributed by atoms with Crippen LogP contribution in [-0.2, 0) is 6.54 Å². The lowest BCUT2D eigenvalue weighted by molar-refractivity contribution is 0.104. The molecule has 1 unspecified atom stereocenters. The number of rotatable bonds is 7. The van der Waals surface area contributed by atoms with E-state index >= 15 is 0 Å². The van der Waals surface area contributed by atoms with Gasteiger partial charge >= 0.3 is 0 Å². The Labute approximate surface area is 129 Å². The number of hydrogen-bond donors (Lipinski definition) is 2. The van der Waals surface area contributed by atoms with Crippen molar-refractivity contribution in [1.82, 2.24) is 5.32 Å². The van der Waals surface area contributed by atoms with Gasteiger partial charge < -0.3 is 15.2 Å². The van der Waals surface area contributed by atoms with Crippen LogP contribution in [0, 0.1) is 5.82 Å². The second-order valence-corrected chi connectivity index (χ2v) is 6.07. The summed E-state index contributed by atoms with van der Waals surface area (Å²) in [7, 11) is 0. The molecule has 0 fully saturated rings. The predicted molar refractivity (Wildman–Crippen MR) is 81.6 cm³/mol. The van der Waals surface area contributed by atoms with Gasteiger partial charge in [-0.05, 0) is 39.5 Å². The van der Waals surface area contributed by atoms with Crippen LogP contribution in [0.25, 0.3) is 0 Å². The van der Waals surface area contributed by atoms with Crippen molar-refractivity contribution in [3.63, 3.8) is 0 Å². The van der Waals surface area contributed by atoms with Crippen LogP contribution >= 0.6 is 27.3 Å². The van der Waals surface area contributed by atoms with Crippen LogP contribution in [0.5, 0.6) is 5.75 Å². The van der Waals surface area contributed by atoms with Gasteiger partial charge in [0.1, 0.15) is 12.7 Å². The summed E-state index contributed by atoms with van der Waals surface area (Å²) in [6, 6.07) is 8.14. The molecule has 0 amide bonds. The Hall–Kier alpha value is -0.950. The van der Waals surface area contributed by atoms with Crippen LogP contribution in [0.3, 0.4) is 0 Å². The summed E-state index contributed by atoms with van der Waals surface area (Å²) in [6.07, 6.45) is -0.687. The van der Waals surface area contributed by atoms with Crippen LogP contribution in [0.15, 0.2) is 40.2 Å². The molecule has 20 heavy (non-hydrogen) atoms. The molecule has 0 saturated carbocycles. The number of benzene rings is 1. The fourth-order valence-electron chi connectivity index (χ4n) is 1.61. The summed E-state index contributed by atoms with van der Waals surface area (Å²) in [5, 5.41) is 14.9. The van der Waals surface area contributed by atoms with E-state index in [1.54, 1.807) is 23.5 Å². The Morgan fingerprint density at radius 3 is 2.85 bits per heavy atom. The molecule has 0 aliphatic carbocycles. The fraction of sp³-hybridized carbons (Fsp3) is 0.286. The highest BCUT2D eigenvalue weighted by molar-refractivity contribution is 9.10. The molecule has 1 heterocycles. The van der Waals surface area contributed by atoms with Crippen LogP contribution in [0.4, 0.5) is 4.39 Å². The molecule has 6 heteroatoms. The van der Waals surface area contributed by atoms with E-state index in [0.717, 1.165) is 4.47 Å². The maximum Gasteiger partial charge on any atom is 0.165 e. The standard InChI is InChI=1S/C14H15BrFNO2S/c15-11-5-6-20-14(11)8-17-7-10(18)9-19-13-4-2-1-3-12(13)16/h1-6,10,17-18H,7-9H2. The van der Waals surface area contributed by atoms with Crippen molar-refractivity contribution >= 4 is 27.3 Å². The lowest BCUT2D eigenvalue weighted by atomic mass is 10.3. The Bertz CT molecular complexity index is 549. The highest BCUT2D eigenvalue weighted by Gasteiger charge is 2.08. The molecular weight excluding hydrogens is 345 g/mol. The zero-order chi connectivity index (χ0) is 14.4. The lowest BCUT2D eigenvalue weighted by Gasteiger charge is -2.13. The molecular formula is C14H15BrFNO2S. The summed E-state index contributed by atoms with van der Waals surface area (Å²) in [5.41, 5.74) is 0. The predicted octanol–water partition coefficient (Wildman–Crippen LogP) is 3.18. The Kier molecular flexibility index (Phi) is 5.97. The average Bonchev–Trinajstić information content (AvgIpc) is 2.84. The number of para-hydroxylation sites is 1. The van der Waals surface area contributed by atoms with E-state index < -0.39 is 11.9 Å².